The van der Waals surface area contributed by atoms with Crippen LogP contribution in [0.3, 0.4) is 0 Å². The minimum atomic E-state index is 0.0233. The molecular formula is C12H19ClN2O2. The third kappa shape index (κ3) is 3.82. The number of aromatic nitrogens is 2. The summed E-state index contributed by atoms with van der Waals surface area (Å²) in [5, 5.41) is 4.86. The summed E-state index contributed by atoms with van der Waals surface area (Å²) >= 11 is 6.12. The lowest BCUT2D eigenvalue weighted by atomic mass is 10.2. The fourth-order valence-electron chi connectivity index (χ4n) is 1.54. The van der Waals surface area contributed by atoms with Crippen molar-refractivity contribution < 1.29 is 9.53 Å². The second kappa shape index (κ2) is 6.17. The van der Waals surface area contributed by atoms with Gasteiger partial charge in [0.2, 0.25) is 0 Å². The van der Waals surface area contributed by atoms with Crippen LogP contribution in [0, 0.1) is 6.92 Å². The summed E-state index contributed by atoms with van der Waals surface area (Å²) < 4.78 is 7.04. The molecule has 1 rings (SSSR count). The van der Waals surface area contributed by atoms with Crippen molar-refractivity contribution in [1.82, 2.24) is 9.78 Å². The Bertz CT molecular complexity index is 399. The predicted octanol–water partition coefficient (Wildman–Crippen LogP) is 2.40. The molecule has 96 valence electrons. The lowest BCUT2D eigenvalue weighted by molar-refractivity contribution is -0.124. The Labute approximate surface area is 107 Å². The second-order valence-electron chi connectivity index (χ2n) is 4.24. The molecule has 0 atom stereocenters. The van der Waals surface area contributed by atoms with Crippen LogP contribution >= 0.6 is 11.6 Å². The highest BCUT2D eigenvalue weighted by Crippen LogP contribution is 2.20. The number of carbonyl (C=O) groups excluding carboxylic acids is 1. The SMILES string of the molecule is CCn1nc(C)c(Cl)c1CC(=O)COC(C)C. The first-order valence-corrected chi connectivity index (χ1v) is 6.18. The average Bonchev–Trinajstić information content (AvgIpc) is 2.54. The van der Waals surface area contributed by atoms with E-state index in [1.807, 2.05) is 27.7 Å². The molecule has 1 aromatic heterocycles. The standard InChI is InChI=1S/C12H19ClN2O2/c1-5-15-11(12(13)9(4)14-15)6-10(16)7-17-8(2)3/h8H,5-7H2,1-4H3. The number of hydrogen-bond donors (Lipinski definition) is 0. The zero-order valence-electron chi connectivity index (χ0n) is 10.8. The molecule has 0 spiro atoms. The summed E-state index contributed by atoms with van der Waals surface area (Å²) in [6.45, 7) is 8.46. The number of rotatable bonds is 6. The van der Waals surface area contributed by atoms with Gasteiger partial charge in [-0.1, -0.05) is 11.6 Å². The molecule has 4 nitrogen and oxygen atoms in total. The molecule has 0 bridgehead atoms. The smallest absolute Gasteiger partial charge is 0.164 e. The molecule has 0 N–H and O–H groups in total. The van der Waals surface area contributed by atoms with Gasteiger partial charge in [-0.25, -0.2) is 0 Å². The molecular weight excluding hydrogens is 240 g/mol. The van der Waals surface area contributed by atoms with Gasteiger partial charge in [0.05, 0.1) is 28.9 Å². The van der Waals surface area contributed by atoms with Gasteiger partial charge in [-0.05, 0) is 27.7 Å². The molecule has 1 heterocycles. The van der Waals surface area contributed by atoms with Crippen molar-refractivity contribution in [3.05, 3.63) is 16.4 Å². The maximum atomic E-state index is 11.7. The van der Waals surface area contributed by atoms with Crippen molar-refractivity contribution in [3.63, 3.8) is 0 Å². The highest BCUT2D eigenvalue weighted by Gasteiger charge is 2.16. The maximum absolute atomic E-state index is 11.7. The number of carbonyl (C=O) groups is 1. The highest BCUT2D eigenvalue weighted by molar-refractivity contribution is 6.32. The normalized spacial score (nSPS) is 11.2. The lowest BCUT2D eigenvalue weighted by Crippen LogP contribution is -2.17. The molecule has 0 amide bonds. The van der Waals surface area contributed by atoms with Crippen LogP contribution in [0.25, 0.3) is 0 Å². The molecule has 0 aliphatic heterocycles. The van der Waals surface area contributed by atoms with Crippen LogP contribution in [-0.4, -0.2) is 28.3 Å². The van der Waals surface area contributed by atoms with Crippen LogP contribution in [0.5, 0.6) is 0 Å². The van der Waals surface area contributed by atoms with Gasteiger partial charge in [0.15, 0.2) is 5.78 Å². The number of ether oxygens (including phenoxy) is 1. The molecule has 0 aromatic carbocycles. The Kier molecular flexibility index (Phi) is 5.15. The molecule has 0 saturated carbocycles. The van der Waals surface area contributed by atoms with Crippen LogP contribution in [0.1, 0.15) is 32.2 Å². The quantitative estimate of drug-likeness (QED) is 0.787. The summed E-state index contributed by atoms with van der Waals surface area (Å²) in [6, 6.07) is 0. The van der Waals surface area contributed by atoms with Gasteiger partial charge in [-0.3, -0.25) is 9.48 Å². The monoisotopic (exact) mass is 258 g/mol. The fourth-order valence-corrected chi connectivity index (χ4v) is 1.74. The maximum Gasteiger partial charge on any atom is 0.164 e. The third-order valence-electron chi connectivity index (χ3n) is 2.40. The van der Waals surface area contributed by atoms with E-state index in [1.54, 1.807) is 4.68 Å². The van der Waals surface area contributed by atoms with Gasteiger partial charge in [0, 0.05) is 6.54 Å². The van der Waals surface area contributed by atoms with Crippen molar-refractivity contribution in [3.8, 4) is 0 Å². The van der Waals surface area contributed by atoms with Crippen LogP contribution in [0.4, 0.5) is 0 Å². The lowest BCUT2D eigenvalue weighted by Gasteiger charge is -2.07. The first-order valence-electron chi connectivity index (χ1n) is 5.80. The summed E-state index contributed by atoms with van der Waals surface area (Å²) in [7, 11) is 0. The van der Waals surface area contributed by atoms with Gasteiger partial charge >= 0.3 is 0 Å². The molecule has 17 heavy (non-hydrogen) atoms. The zero-order valence-corrected chi connectivity index (χ0v) is 11.5. The number of halogens is 1. The Morgan fingerprint density at radius 1 is 1.53 bits per heavy atom. The second-order valence-corrected chi connectivity index (χ2v) is 4.62. The van der Waals surface area contributed by atoms with Gasteiger partial charge in [-0.2, -0.15) is 5.10 Å². The summed E-state index contributed by atoms with van der Waals surface area (Å²) in [5.41, 5.74) is 1.55. The zero-order chi connectivity index (χ0) is 13.0. The first-order chi connectivity index (χ1) is 7.95. The van der Waals surface area contributed by atoms with Crippen molar-refractivity contribution in [2.24, 2.45) is 0 Å². The van der Waals surface area contributed by atoms with Crippen molar-refractivity contribution in [1.29, 1.82) is 0 Å². The molecule has 0 unspecified atom stereocenters. The largest absolute Gasteiger partial charge is 0.371 e. The van der Waals surface area contributed by atoms with E-state index in [9.17, 15) is 4.79 Å². The summed E-state index contributed by atoms with van der Waals surface area (Å²) in [5.74, 6) is 0.0233. The van der Waals surface area contributed by atoms with Gasteiger partial charge in [0.1, 0.15) is 6.61 Å². The first kappa shape index (κ1) is 14.2. The molecule has 0 aliphatic rings. The number of Topliss-reactive ketones (excluding diaryl/α,β-unsaturated/α-hetero) is 1. The van der Waals surface area contributed by atoms with Gasteiger partial charge in [0.25, 0.3) is 0 Å². The van der Waals surface area contributed by atoms with E-state index in [-0.39, 0.29) is 24.9 Å². The van der Waals surface area contributed by atoms with Crippen molar-refractivity contribution >= 4 is 17.4 Å². The topological polar surface area (TPSA) is 44.1 Å². The highest BCUT2D eigenvalue weighted by atomic mass is 35.5. The minimum Gasteiger partial charge on any atom is -0.371 e. The van der Waals surface area contributed by atoms with E-state index in [0.717, 1.165) is 11.4 Å². The van der Waals surface area contributed by atoms with Gasteiger partial charge < -0.3 is 4.74 Å². The average molecular weight is 259 g/mol. The van der Waals surface area contributed by atoms with Crippen LogP contribution in [0.2, 0.25) is 5.02 Å². The fraction of sp³-hybridized carbons (Fsp3) is 0.667. The Hall–Kier alpha value is -0.870. The van der Waals surface area contributed by atoms with Gasteiger partial charge in [-0.15, -0.1) is 0 Å². The molecule has 0 radical (unpaired) electrons. The molecule has 0 aliphatic carbocycles. The van der Waals surface area contributed by atoms with E-state index in [4.69, 9.17) is 16.3 Å². The van der Waals surface area contributed by atoms with E-state index in [0.29, 0.717) is 11.6 Å². The summed E-state index contributed by atoms with van der Waals surface area (Å²) in [4.78, 5) is 11.7. The van der Waals surface area contributed by atoms with E-state index < -0.39 is 0 Å². The van der Waals surface area contributed by atoms with Crippen LogP contribution in [-0.2, 0) is 22.5 Å². The van der Waals surface area contributed by atoms with Crippen molar-refractivity contribution in [2.45, 2.75) is 46.8 Å². The molecule has 0 saturated heterocycles. The van der Waals surface area contributed by atoms with E-state index in [1.165, 1.54) is 0 Å². The molecule has 5 heteroatoms. The van der Waals surface area contributed by atoms with Crippen LogP contribution < -0.4 is 0 Å². The minimum absolute atomic E-state index is 0.0233. The van der Waals surface area contributed by atoms with Crippen molar-refractivity contribution in [2.75, 3.05) is 6.61 Å². The Morgan fingerprint density at radius 3 is 2.71 bits per heavy atom. The van der Waals surface area contributed by atoms with E-state index >= 15 is 0 Å². The predicted molar refractivity (Wildman–Crippen MR) is 67.4 cm³/mol. The number of aryl methyl sites for hydroxylation is 2. The molecule has 1 aromatic rings. The molecule has 0 fully saturated rings. The Morgan fingerprint density at radius 2 is 2.18 bits per heavy atom. The van der Waals surface area contributed by atoms with E-state index in [2.05, 4.69) is 5.10 Å². The number of ketones is 1. The Balaban J connectivity index is 2.70. The van der Waals surface area contributed by atoms with Crippen LogP contribution in [0.15, 0.2) is 0 Å². The number of hydrogen-bond acceptors (Lipinski definition) is 3. The number of nitrogens with zero attached hydrogens (tertiary/aromatic N) is 2. The summed E-state index contributed by atoms with van der Waals surface area (Å²) in [6.07, 6.45) is 0.340. The third-order valence-corrected chi connectivity index (χ3v) is 2.89.